The van der Waals surface area contributed by atoms with Gasteiger partial charge in [-0.15, -0.1) is 0 Å². The van der Waals surface area contributed by atoms with E-state index < -0.39 is 71.2 Å². The van der Waals surface area contributed by atoms with E-state index in [4.69, 9.17) is 18.9 Å². The number of unbranched alkanes of at least 4 members (excludes halogenated alkanes) is 16. The average Bonchev–Trinajstić information content (AvgIpc) is 3.17. The Morgan fingerprint density at radius 2 is 1.12 bits per heavy atom. The molecule has 57 heavy (non-hydrogen) atoms. The summed E-state index contributed by atoms with van der Waals surface area (Å²) in [5.41, 5.74) is 0. The van der Waals surface area contributed by atoms with Crippen LogP contribution in [0, 0.1) is 0 Å². The van der Waals surface area contributed by atoms with Gasteiger partial charge in [-0.3, -0.25) is 14.1 Å². The van der Waals surface area contributed by atoms with Crippen LogP contribution in [0.25, 0.3) is 0 Å². The van der Waals surface area contributed by atoms with Gasteiger partial charge in [-0.1, -0.05) is 133 Å². The predicted octanol–water partition coefficient (Wildman–Crippen LogP) is 8.39. The maximum absolute atomic E-state index is 12.8. The number of carbonyl (C=O) groups excluding carboxylic acids is 2. The van der Waals surface area contributed by atoms with E-state index in [1.54, 1.807) is 0 Å². The molecule has 0 aliphatic carbocycles. The largest absolute Gasteiger partial charge is 0.462 e. The molecule has 1 aliphatic rings. The third kappa shape index (κ3) is 29.5. The van der Waals surface area contributed by atoms with E-state index in [0.29, 0.717) is 12.8 Å². The normalized spacial score (nSPS) is 21.0. The molecule has 6 atom stereocenters. The van der Waals surface area contributed by atoms with Gasteiger partial charge in [0.25, 0.3) is 10.1 Å². The Labute approximate surface area is 343 Å². The van der Waals surface area contributed by atoms with E-state index in [1.165, 1.54) is 38.5 Å². The smallest absolute Gasteiger partial charge is 0.306 e. The van der Waals surface area contributed by atoms with Crippen LogP contribution in [-0.2, 0) is 38.7 Å². The summed E-state index contributed by atoms with van der Waals surface area (Å²) in [6.07, 6.45) is 30.1. The van der Waals surface area contributed by atoms with Crippen LogP contribution in [-0.4, -0.2) is 96.0 Å². The second kappa shape index (κ2) is 34.5. The molecule has 12 nitrogen and oxygen atoms in total. The molecule has 0 spiro atoms. The number of ether oxygens (including phenoxy) is 4. The number of rotatable bonds is 35. The van der Waals surface area contributed by atoms with Crippen LogP contribution in [0.3, 0.4) is 0 Å². The van der Waals surface area contributed by atoms with Gasteiger partial charge in [0.1, 0.15) is 36.8 Å². The Kier molecular flexibility index (Phi) is 31.8. The maximum Gasteiger partial charge on any atom is 0.306 e. The van der Waals surface area contributed by atoms with Gasteiger partial charge < -0.3 is 34.3 Å². The number of aliphatic hydroxyl groups excluding tert-OH is 3. The molecule has 0 aromatic rings. The van der Waals surface area contributed by atoms with Crippen LogP contribution in [0.2, 0.25) is 0 Å². The van der Waals surface area contributed by atoms with Gasteiger partial charge in [-0.25, -0.2) is 0 Å². The molecule has 1 aliphatic heterocycles. The van der Waals surface area contributed by atoms with Gasteiger partial charge in [0, 0.05) is 12.8 Å². The monoisotopic (exact) mass is 829 g/mol. The number of hydrogen-bond donors (Lipinski definition) is 4. The number of aliphatic hydroxyl groups is 3. The SMILES string of the molecule is CCCC/C=C/C/C=C/CCCCCCCC(=O)O[C@H](COC(=O)CCCCCCC/C=C/C=C/CCCCCC)CO[C@H]1O[C@H](CS(=O)(=O)O)[C@@H](O)C(O)C1O. The molecule has 0 aromatic heterocycles. The summed E-state index contributed by atoms with van der Waals surface area (Å²) in [5.74, 6) is -2.03. The standard InChI is InChI=1S/C44H76O12S/c1-3-5-7-9-11-13-15-17-19-21-22-24-26-28-30-32-39(45)53-34-37(35-54-44-43(49)42(48)41(47)38(56-44)36-57(50,51)52)55-40(46)33-31-29-27-25-23-20-18-16-14-12-10-8-6-4-2/h10,12-13,15-19,37-38,41-44,47-49H,3-9,11,14,20-36H2,1-2H3,(H,50,51,52)/b12-10+,15-13+,18-16+,19-17+/t37-,38-,41-,42?,43?,44+/m1/s1. The Morgan fingerprint density at radius 3 is 1.70 bits per heavy atom. The first kappa shape index (κ1) is 52.6. The third-order valence-electron chi connectivity index (χ3n) is 9.66. The molecule has 1 saturated heterocycles. The Balaban J connectivity index is 2.50. The second-order valence-corrected chi connectivity index (χ2v) is 16.5. The fourth-order valence-electron chi connectivity index (χ4n) is 6.21. The van der Waals surface area contributed by atoms with Crippen LogP contribution in [0.1, 0.15) is 162 Å². The summed E-state index contributed by atoms with van der Waals surface area (Å²) in [4.78, 5) is 25.3. The predicted molar refractivity (Wildman–Crippen MR) is 224 cm³/mol. The Morgan fingerprint density at radius 1 is 0.614 bits per heavy atom. The van der Waals surface area contributed by atoms with Crippen LogP contribution in [0.5, 0.6) is 0 Å². The summed E-state index contributed by atoms with van der Waals surface area (Å²) in [7, 11) is -4.60. The lowest BCUT2D eigenvalue weighted by Gasteiger charge is -2.40. The average molecular weight is 829 g/mol. The molecule has 4 N–H and O–H groups in total. The molecule has 0 bridgehead atoms. The molecular weight excluding hydrogens is 753 g/mol. The fraction of sp³-hybridized carbons (Fsp3) is 0.773. The van der Waals surface area contributed by atoms with Gasteiger partial charge in [0.05, 0.1) is 6.61 Å². The Bertz CT molecular complexity index is 1250. The highest BCUT2D eigenvalue weighted by atomic mass is 32.2. The minimum Gasteiger partial charge on any atom is -0.462 e. The summed E-state index contributed by atoms with van der Waals surface area (Å²) in [5, 5.41) is 30.8. The molecule has 0 radical (unpaired) electrons. The second-order valence-electron chi connectivity index (χ2n) is 15.0. The van der Waals surface area contributed by atoms with Crippen molar-refractivity contribution in [3.8, 4) is 0 Å². The van der Waals surface area contributed by atoms with Crippen molar-refractivity contribution in [2.75, 3.05) is 19.0 Å². The van der Waals surface area contributed by atoms with Crippen molar-refractivity contribution < 1.29 is 56.8 Å². The first-order chi connectivity index (χ1) is 27.5. The Hall–Kier alpha value is -2.39. The van der Waals surface area contributed by atoms with Crippen molar-refractivity contribution in [3.05, 3.63) is 48.6 Å². The molecule has 330 valence electrons. The minimum absolute atomic E-state index is 0.143. The first-order valence-corrected chi connectivity index (χ1v) is 23.3. The molecule has 2 unspecified atom stereocenters. The lowest BCUT2D eigenvalue weighted by Crippen LogP contribution is -2.60. The molecule has 0 saturated carbocycles. The number of carbonyl (C=O) groups is 2. The van der Waals surface area contributed by atoms with Crippen molar-refractivity contribution in [2.45, 2.75) is 198 Å². The highest BCUT2D eigenvalue weighted by Gasteiger charge is 2.46. The highest BCUT2D eigenvalue weighted by Crippen LogP contribution is 2.24. The van der Waals surface area contributed by atoms with Crippen molar-refractivity contribution >= 4 is 22.1 Å². The van der Waals surface area contributed by atoms with Gasteiger partial charge >= 0.3 is 11.9 Å². The molecular formula is C44H76O12S. The van der Waals surface area contributed by atoms with Gasteiger partial charge in [0.2, 0.25) is 0 Å². The molecule has 1 rings (SSSR count). The van der Waals surface area contributed by atoms with E-state index in [-0.39, 0.29) is 19.4 Å². The zero-order chi connectivity index (χ0) is 42.0. The summed E-state index contributed by atoms with van der Waals surface area (Å²) < 4.78 is 53.9. The molecule has 1 fully saturated rings. The third-order valence-corrected chi connectivity index (χ3v) is 10.4. The van der Waals surface area contributed by atoms with Gasteiger partial charge in [-0.05, 0) is 64.2 Å². The van der Waals surface area contributed by atoms with Crippen molar-refractivity contribution in [2.24, 2.45) is 0 Å². The lowest BCUT2D eigenvalue weighted by molar-refractivity contribution is -0.297. The fourth-order valence-corrected chi connectivity index (χ4v) is 6.90. The van der Waals surface area contributed by atoms with Gasteiger partial charge in [-0.2, -0.15) is 8.42 Å². The van der Waals surface area contributed by atoms with Crippen molar-refractivity contribution in [1.82, 2.24) is 0 Å². The van der Waals surface area contributed by atoms with E-state index in [2.05, 4.69) is 62.5 Å². The summed E-state index contributed by atoms with van der Waals surface area (Å²) in [6, 6.07) is 0. The first-order valence-electron chi connectivity index (χ1n) is 21.7. The quantitative estimate of drug-likeness (QED) is 0.0157. The van der Waals surface area contributed by atoms with Crippen LogP contribution in [0.4, 0.5) is 0 Å². The van der Waals surface area contributed by atoms with Gasteiger partial charge in [0.15, 0.2) is 12.4 Å². The molecule has 0 amide bonds. The van der Waals surface area contributed by atoms with E-state index in [0.717, 1.165) is 83.5 Å². The molecule has 13 heteroatoms. The topological polar surface area (TPSA) is 186 Å². The number of allylic oxidation sites excluding steroid dienone is 8. The van der Waals surface area contributed by atoms with E-state index in [9.17, 15) is 37.9 Å². The van der Waals surface area contributed by atoms with Crippen LogP contribution >= 0.6 is 0 Å². The molecule has 0 aromatic carbocycles. The van der Waals surface area contributed by atoms with E-state index in [1.807, 2.05) is 0 Å². The number of esters is 2. The molecule has 1 heterocycles. The zero-order valence-electron chi connectivity index (χ0n) is 34.9. The minimum atomic E-state index is -4.60. The maximum atomic E-state index is 12.8. The highest BCUT2D eigenvalue weighted by molar-refractivity contribution is 7.85. The van der Waals surface area contributed by atoms with E-state index >= 15 is 0 Å². The van der Waals surface area contributed by atoms with Crippen molar-refractivity contribution in [3.63, 3.8) is 0 Å². The lowest BCUT2D eigenvalue weighted by atomic mass is 10.00. The van der Waals surface area contributed by atoms with Crippen molar-refractivity contribution in [1.29, 1.82) is 0 Å². The summed E-state index contributed by atoms with van der Waals surface area (Å²) >= 11 is 0. The van der Waals surface area contributed by atoms with Crippen LogP contribution in [0.15, 0.2) is 48.6 Å². The summed E-state index contributed by atoms with van der Waals surface area (Å²) in [6.45, 7) is 3.66. The van der Waals surface area contributed by atoms with Crippen LogP contribution < -0.4 is 0 Å². The number of hydrogen-bond acceptors (Lipinski definition) is 11. The zero-order valence-corrected chi connectivity index (χ0v) is 35.7.